The first kappa shape index (κ1) is 19.4. The van der Waals surface area contributed by atoms with Gasteiger partial charge in [-0.05, 0) is 42.5 Å². The molecule has 29 heavy (non-hydrogen) atoms. The number of amides is 1. The van der Waals surface area contributed by atoms with E-state index in [9.17, 15) is 14.9 Å². The van der Waals surface area contributed by atoms with E-state index in [1.165, 1.54) is 25.3 Å². The number of rotatable bonds is 6. The SMILES string of the molecule is COc1ccccc1C(=O)Nc1ccc(Oc2cc(C#N)ccc2[N+](=O)[O-])cc1. The lowest BCUT2D eigenvalue weighted by Crippen LogP contribution is -2.12. The number of nitriles is 1. The first-order valence-electron chi connectivity index (χ1n) is 8.42. The molecule has 0 spiro atoms. The third kappa shape index (κ3) is 4.48. The van der Waals surface area contributed by atoms with Gasteiger partial charge in [-0.15, -0.1) is 0 Å². The molecule has 144 valence electrons. The van der Waals surface area contributed by atoms with Gasteiger partial charge in [0.2, 0.25) is 5.75 Å². The number of anilines is 1. The highest BCUT2D eigenvalue weighted by atomic mass is 16.6. The number of benzene rings is 3. The number of nitrogens with one attached hydrogen (secondary N) is 1. The van der Waals surface area contributed by atoms with E-state index in [4.69, 9.17) is 14.7 Å². The lowest BCUT2D eigenvalue weighted by atomic mass is 10.2. The van der Waals surface area contributed by atoms with E-state index < -0.39 is 4.92 Å². The highest BCUT2D eigenvalue weighted by Gasteiger charge is 2.17. The van der Waals surface area contributed by atoms with Crippen molar-refractivity contribution in [3.05, 3.63) is 88.0 Å². The third-order valence-corrected chi connectivity index (χ3v) is 3.98. The van der Waals surface area contributed by atoms with Gasteiger partial charge >= 0.3 is 5.69 Å². The van der Waals surface area contributed by atoms with Gasteiger partial charge in [-0.2, -0.15) is 5.26 Å². The van der Waals surface area contributed by atoms with Crippen LogP contribution in [0.3, 0.4) is 0 Å². The highest BCUT2D eigenvalue weighted by Crippen LogP contribution is 2.32. The predicted octanol–water partition coefficient (Wildman–Crippen LogP) is 4.52. The molecule has 1 N–H and O–H groups in total. The summed E-state index contributed by atoms with van der Waals surface area (Å²) < 4.78 is 10.7. The molecule has 0 aliphatic heterocycles. The first-order valence-corrected chi connectivity index (χ1v) is 8.42. The van der Waals surface area contributed by atoms with Crippen LogP contribution in [0, 0.1) is 21.4 Å². The Hall–Kier alpha value is -4.38. The first-order chi connectivity index (χ1) is 14.0. The second kappa shape index (κ2) is 8.54. The van der Waals surface area contributed by atoms with Gasteiger partial charge in [0.15, 0.2) is 0 Å². The van der Waals surface area contributed by atoms with E-state index in [1.807, 2.05) is 6.07 Å². The summed E-state index contributed by atoms with van der Waals surface area (Å²) in [6.07, 6.45) is 0. The second-order valence-electron chi connectivity index (χ2n) is 5.83. The average Bonchev–Trinajstić information content (AvgIpc) is 2.74. The van der Waals surface area contributed by atoms with Crippen LogP contribution in [-0.2, 0) is 0 Å². The van der Waals surface area contributed by atoms with Crippen LogP contribution in [-0.4, -0.2) is 17.9 Å². The topological polar surface area (TPSA) is 114 Å². The number of hydrogen-bond acceptors (Lipinski definition) is 6. The van der Waals surface area contributed by atoms with Crippen LogP contribution in [0.4, 0.5) is 11.4 Å². The summed E-state index contributed by atoms with van der Waals surface area (Å²) in [5.74, 6) is 0.390. The Labute approximate surface area is 166 Å². The zero-order chi connectivity index (χ0) is 20.8. The lowest BCUT2D eigenvalue weighted by molar-refractivity contribution is -0.385. The molecule has 1 amide bonds. The number of nitrogens with zero attached hydrogens (tertiary/aromatic N) is 2. The minimum atomic E-state index is -0.585. The van der Waals surface area contributed by atoms with E-state index in [2.05, 4.69) is 5.32 Å². The highest BCUT2D eigenvalue weighted by molar-refractivity contribution is 6.06. The Morgan fingerprint density at radius 1 is 1.07 bits per heavy atom. The molecule has 0 bridgehead atoms. The molecular weight excluding hydrogens is 374 g/mol. The van der Waals surface area contributed by atoms with Crippen molar-refractivity contribution in [2.24, 2.45) is 0 Å². The molecule has 0 heterocycles. The maximum atomic E-state index is 12.4. The summed E-state index contributed by atoms with van der Waals surface area (Å²) in [7, 11) is 1.48. The number of carbonyl (C=O) groups excluding carboxylic acids is 1. The van der Waals surface area contributed by atoms with Crippen LogP contribution in [0.25, 0.3) is 0 Å². The minimum Gasteiger partial charge on any atom is -0.496 e. The fraction of sp³-hybridized carbons (Fsp3) is 0.0476. The minimum absolute atomic E-state index is 0.0418. The van der Waals surface area contributed by atoms with Gasteiger partial charge in [0.05, 0.1) is 29.2 Å². The Morgan fingerprint density at radius 2 is 1.79 bits per heavy atom. The molecule has 0 fully saturated rings. The van der Waals surface area contributed by atoms with Gasteiger partial charge < -0.3 is 14.8 Å². The van der Waals surface area contributed by atoms with Gasteiger partial charge in [0.1, 0.15) is 11.5 Å². The number of nitro benzene ring substituents is 1. The zero-order valence-corrected chi connectivity index (χ0v) is 15.3. The summed E-state index contributed by atoms with van der Waals surface area (Å²) in [6, 6.07) is 18.9. The molecule has 0 saturated heterocycles. The van der Waals surface area contributed by atoms with Crippen molar-refractivity contribution in [1.29, 1.82) is 5.26 Å². The van der Waals surface area contributed by atoms with Gasteiger partial charge in [-0.3, -0.25) is 14.9 Å². The van der Waals surface area contributed by atoms with Crippen LogP contribution >= 0.6 is 0 Å². The average molecular weight is 389 g/mol. The molecule has 0 aromatic heterocycles. The van der Waals surface area contributed by atoms with Crippen LogP contribution in [0.5, 0.6) is 17.2 Å². The Kier molecular flexibility index (Phi) is 5.71. The number of ether oxygens (including phenoxy) is 2. The lowest BCUT2D eigenvalue weighted by Gasteiger charge is -2.10. The maximum absolute atomic E-state index is 12.4. The number of para-hydroxylation sites is 1. The smallest absolute Gasteiger partial charge is 0.311 e. The van der Waals surface area contributed by atoms with Gasteiger partial charge in [-0.25, -0.2) is 0 Å². The normalized spacial score (nSPS) is 9.93. The van der Waals surface area contributed by atoms with Gasteiger partial charge in [0.25, 0.3) is 5.91 Å². The Bertz CT molecular complexity index is 1100. The van der Waals surface area contributed by atoms with Crippen LogP contribution in [0.1, 0.15) is 15.9 Å². The summed E-state index contributed by atoms with van der Waals surface area (Å²) in [5.41, 5.74) is 0.886. The van der Waals surface area contributed by atoms with Crippen LogP contribution in [0.2, 0.25) is 0 Å². The Balaban J connectivity index is 1.77. The number of nitro groups is 1. The molecule has 0 saturated carbocycles. The molecule has 0 aliphatic rings. The fourth-order valence-corrected chi connectivity index (χ4v) is 2.58. The van der Waals surface area contributed by atoms with Crippen molar-refractivity contribution in [3.63, 3.8) is 0 Å². The molecule has 8 heteroatoms. The summed E-state index contributed by atoms with van der Waals surface area (Å²) in [6.45, 7) is 0. The van der Waals surface area contributed by atoms with Gasteiger partial charge in [-0.1, -0.05) is 12.1 Å². The molecule has 0 radical (unpaired) electrons. The van der Waals surface area contributed by atoms with Crippen LogP contribution in [0.15, 0.2) is 66.7 Å². The molecule has 8 nitrogen and oxygen atoms in total. The summed E-state index contributed by atoms with van der Waals surface area (Å²) >= 11 is 0. The Morgan fingerprint density at radius 3 is 2.45 bits per heavy atom. The van der Waals surface area contributed by atoms with Crippen molar-refractivity contribution in [1.82, 2.24) is 0 Å². The molecule has 3 aromatic rings. The standard InChI is InChI=1S/C21H15N3O5/c1-28-19-5-3-2-4-17(19)21(25)23-15-7-9-16(10-8-15)29-20-12-14(13-22)6-11-18(20)24(26)27/h2-12H,1H3,(H,23,25). The van der Waals surface area contributed by atoms with Gasteiger partial charge in [0, 0.05) is 17.8 Å². The summed E-state index contributed by atoms with van der Waals surface area (Å²) in [5, 5.41) is 22.9. The molecule has 0 unspecified atom stereocenters. The molecule has 3 aromatic carbocycles. The van der Waals surface area contributed by atoms with Crippen LogP contribution < -0.4 is 14.8 Å². The maximum Gasteiger partial charge on any atom is 0.311 e. The quantitative estimate of drug-likeness (QED) is 0.490. The molecule has 0 aliphatic carbocycles. The van der Waals surface area contributed by atoms with Crippen molar-refractivity contribution in [2.45, 2.75) is 0 Å². The number of methoxy groups -OCH3 is 1. The number of hydrogen-bond donors (Lipinski definition) is 1. The largest absolute Gasteiger partial charge is 0.496 e. The molecular formula is C21H15N3O5. The molecule has 3 rings (SSSR count). The van der Waals surface area contributed by atoms with Crippen molar-refractivity contribution < 1.29 is 19.2 Å². The third-order valence-electron chi connectivity index (χ3n) is 3.98. The van der Waals surface area contributed by atoms with E-state index >= 15 is 0 Å². The van der Waals surface area contributed by atoms with Crippen molar-refractivity contribution >= 4 is 17.3 Å². The number of carbonyl (C=O) groups is 1. The van der Waals surface area contributed by atoms with E-state index in [0.29, 0.717) is 22.7 Å². The summed E-state index contributed by atoms with van der Waals surface area (Å²) in [4.78, 5) is 23.0. The van der Waals surface area contributed by atoms with E-state index in [1.54, 1.807) is 48.5 Å². The van der Waals surface area contributed by atoms with Crippen molar-refractivity contribution in [2.75, 3.05) is 12.4 Å². The predicted molar refractivity (Wildman–Crippen MR) is 105 cm³/mol. The van der Waals surface area contributed by atoms with Crippen molar-refractivity contribution in [3.8, 4) is 23.3 Å². The van der Waals surface area contributed by atoms with E-state index in [0.717, 1.165) is 0 Å². The van der Waals surface area contributed by atoms with E-state index in [-0.39, 0.29) is 22.9 Å². The monoisotopic (exact) mass is 389 g/mol. The zero-order valence-electron chi connectivity index (χ0n) is 15.3. The second-order valence-corrected chi connectivity index (χ2v) is 5.83. The fourth-order valence-electron chi connectivity index (χ4n) is 2.58. The molecule has 0 atom stereocenters.